The van der Waals surface area contributed by atoms with E-state index in [0.717, 1.165) is 36.3 Å². The Hall–Kier alpha value is -0.930. The van der Waals surface area contributed by atoms with Crippen molar-refractivity contribution in [1.82, 2.24) is 10.4 Å². The lowest BCUT2D eigenvalue weighted by Crippen LogP contribution is -2.32. The number of rotatable bonds is 5. The summed E-state index contributed by atoms with van der Waals surface area (Å²) in [4.78, 5) is 4.58. The fourth-order valence-corrected chi connectivity index (χ4v) is 4.29. The number of hydrogen-bond acceptors (Lipinski definition) is 3. The van der Waals surface area contributed by atoms with Crippen LogP contribution in [0.4, 0.5) is 0 Å². The van der Waals surface area contributed by atoms with E-state index in [0.29, 0.717) is 0 Å². The second-order valence-electron chi connectivity index (χ2n) is 6.29. The van der Waals surface area contributed by atoms with Crippen molar-refractivity contribution in [3.63, 3.8) is 0 Å². The van der Waals surface area contributed by atoms with Crippen LogP contribution in [0, 0.1) is 17.8 Å². The van der Waals surface area contributed by atoms with Gasteiger partial charge in [-0.15, -0.1) is 0 Å². The molecule has 2 aliphatic carbocycles. The first-order valence-corrected chi connectivity index (χ1v) is 7.71. The highest BCUT2D eigenvalue weighted by Crippen LogP contribution is 2.50. The molecule has 1 aromatic heterocycles. The molecule has 4 atom stereocenters. The van der Waals surface area contributed by atoms with Crippen molar-refractivity contribution in [2.75, 3.05) is 0 Å². The maximum absolute atomic E-state index is 5.81. The molecule has 19 heavy (non-hydrogen) atoms. The second-order valence-corrected chi connectivity index (χ2v) is 6.29. The molecule has 4 unspecified atom stereocenters. The smallest absolute Gasteiger partial charge is 0.0637 e. The third-order valence-electron chi connectivity index (χ3n) is 5.26. The molecule has 3 heteroatoms. The lowest BCUT2D eigenvalue weighted by Gasteiger charge is -2.27. The molecule has 1 aromatic rings. The Balaban J connectivity index is 1.73. The standard InChI is InChI=1S/C16H25N3/c1-2-12-4-3-7-18-16(12)15(19-17)10-14-9-11-5-6-13(14)8-11/h3-4,7,11,13-15,19H,2,5-6,8-10,17H2,1H3. The first kappa shape index (κ1) is 13.1. The Bertz CT molecular complexity index is 432. The number of nitrogens with one attached hydrogen (secondary N) is 1. The molecule has 0 amide bonds. The summed E-state index contributed by atoms with van der Waals surface area (Å²) in [6.07, 6.45) is 9.85. The molecular weight excluding hydrogens is 234 g/mol. The van der Waals surface area contributed by atoms with E-state index < -0.39 is 0 Å². The van der Waals surface area contributed by atoms with Crippen LogP contribution in [0.2, 0.25) is 0 Å². The number of pyridine rings is 1. The molecule has 3 N–H and O–H groups in total. The number of fused-ring (bicyclic) bond motifs is 2. The number of nitrogens with zero attached hydrogens (tertiary/aromatic N) is 1. The van der Waals surface area contributed by atoms with Gasteiger partial charge in [0.25, 0.3) is 0 Å². The molecule has 2 bridgehead atoms. The number of aryl methyl sites for hydroxylation is 1. The van der Waals surface area contributed by atoms with Gasteiger partial charge < -0.3 is 0 Å². The van der Waals surface area contributed by atoms with E-state index in [1.54, 1.807) is 0 Å². The summed E-state index contributed by atoms with van der Waals surface area (Å²) in [7, 11) is 0. The van der Waals surface area contributed by atoms with E-state index in [1.165, 1.54) is 31.2 Å². The first-order valence-electron chi connectivity index (χ1n) is 7.71. The van der Waals surface area contributed by atoms with E-state index in [-0.39, 0.29) is 6.04 Å². The van der Waals surface area contributed by atoms with Crippen molar-refractivity contribution >= 4 is 0 Å². The summed E-state index contributed by atoms with van der Waals surface area (Å²) in [5, 5.41) is 0. The molecule has 2 saturated carbocycles. The average molecular weight is 259 g/mol. The van der Waals surface area contributed by atoms with Crippen molar-refractivity contribution in [2.45, 2.75) is 51.5 Å². The van der Waals surface area contributed by atoms with Gasteiger partial charge in [-0.3, -0.25) is 16.3 Å². The van der Waals surface area contributed by atoms with Gasteiger partial charge in [0.2, 0.25) is 0 Å². The van der Waals surface area contributed by atoms with Gasteiger partial charge in [-0.1, -0.05) is 19.4 Å². The van der Waals surface area contributed by atoms with Crippen LogP contribution in [-0.4, -0.2) is 4.98 Å². The van der Waals surface area contributed by atoms with Gasteiger partial charge in [0, 0.05) is 6.20 Å². The molecule has 104 valence electrons. The SMILES string of the molecule is CCc1cccnc1C(CC1CC2CCC1C2)NN. The second kappa shape index (κ2) is 5.59. The van der Waals surface area contributed by atoms with Crippen LogP contribution in [0.25, 0.3) is 0 Å². The Morgan fingerprint density at radius 1 is 1.42 bits per heavy atom. The van der Waals surface area contributed by atoms with Gasteiger partial charge in [0.1, 0.15) is 0 Å². The van der Waals surface area contributed by atoms with Gasteiger partial charge in [0.05, 0.1) is 11.7 Å². The summed E-state index contributed by atoms with van der Waals surface area (Å²) in [6.45, 7) is 2.19. The zero-order valence-corrected chi connectivity index (χ0v) is 11.8. The van der Waals surface area contributed by atoms with Crippen molar-refractivity contribution in [2.24, 2.45) is 23.6 Å². The third kappa shape index (κ3) is 2.54. The zero-order valence-electron chi connectivity index (χ0n) is 11.8. The molecule has 1 heterocycles. The van der Waals surface area contributed by atoms with E-state index in [2.05, 4.69) is 23.4 Å². The molecule has 0 radical (unpaired) electrons. The molecule has 0 saturated heterocycles. The van der Waals surface area contributed by atoms with Crippen LogP contribution in [-0.2, 0) is 6.42 Å². The fraction of sp³-hybridized carbons (Fsp3) is 0.688. The first-order chi connectivity index (χ1) is 9.31. The Labute approximate surface area is 116 Å². The van der Waals surface area contributed by atoms with Gasteiger partial charge in [-0.05, 0) is 61.5 Å². The Morgan fingerprint density at radius 3 is 2.95 bits per heavy atom. The summed E-state index contributed by atoms with van der Waals surface area (Å²) in [6, 6.07) is 4.42. The van der Waals surface area contributed by atoms with Gasteiger partial charge >= 0.3 is 0 Å². The molecule has 3 nitrogen and oxygen atoms in total. The topological polar surface area (TPSA) is 50.9 Å². The normalized spacial score (nSPS) is 30.7. The monoisotopic (exact) mass is 259 g/mol. The molecule has 3 rings (SSSR count). The van der Waals surface area contributed by atoms with Gasteiger partial charge in [0.15, 0.2) is 0 Å². The van der Waals surface area contributed by atoms with Crippen LogP contribution in [0.15, 0.2) is 18.3 Å². The quantitative estimate of drug-likeness (QED) is 0.631. The molecule has 0 spiro atoms. The maximum atomic E-state index is 5.81. The number of aromatic nitrogens is 1. The highest BCUT2D eigenvalue weighted by atomic mass is 15.2. The highest BCUT2D eigenvalue weighted by Gasteiger charge is 2.40. The van der Waals surface area contributed by atoms with E-state index in [1.807, 2.05) is 12.3 Å². The van der Waals surface area contributed by atoms with Crippen LogP contribution in [0.5, 0.6) is 0 Å². The zero-order chi connectivity index (χ0) is 13.2. The Morgan fingerprint density at radius 2 is 2.32 bits per heavy atom. The van der Waals surface area contributed by atoms with Crippen LogP contribution in [0.1, 0.15) is 56.3 Å². The van der Waals surface area contributed by atoms with Crippen LogP contribution < -0.4 is 11.3 Å². The highest BCUT2D eigenvalue weighted by molar-refractivity contribution is 5.23. The Kier molecular flexibility index (Phi) is 3.85. The minimum absolute atomic E-state index is 0.223. The van der Waals surface area contributed by atoms with Gasteiger partial charge in [-0.25, -0.2) is 0 Å². The third-order valence-corrected chi connectivity index (χ3v) is 5.26. The number of hydrogen-bond donors (Lipinski definition) is 2. The lowest BCUT2D eigenvalue weighted by molar-refractivity contribution is 0.277. The lowest BCUT2D eigenvalue weighted by atomic mass is 9.83. The predicted octanol–water partition coefficient (Wildman–Crippen LogP) is 2.97. The molecular formula is C16H25N3. The molecule has 2 fully saturated rings. The maximum Gasteiger partial charge on any atom is 0.0637 e. The minimum atomic E-state index is 0.223. The van der Waals surface area contributed by atoms with Crippen molar-refractivity contribution in [1.29, 1.82) is 0 Å². The van der Waals surface area contributed by atoms with Gasteiger partial charge in [-0.2, -0.15) is 0 Å². The summed E-state index contributed by atoms with van der Waals surface area (Å²) in [5.41, 5.74) is 5.51. The van der Waals surface area contributed by atoms with Crippen LogP contribution in [0.3, 0.4) is 0 Å². The fourth-order valence-electron chi connectivity index (χ4n) is 4.29. The van der Waals surface area contributed by atoms with Crippen molar-refractivity contribution in [3.05, 3.63) is 29.6 Å². The summed E-state index contributed by atoms with van der Waals surface area (Å²) in [5.74, 6) is 8.62. The van der Waals surface area contributed by atoms with Crippen molar-refractivity contribution < 1.29 is 0 Å². The minimum Gasteiger partial charge on any atom is -0.271 e. The average Bonchev–Trinajstić information content (AvgIpc) is 3.07. The van der Waals surface area contributed by atoms with E-state index in [4.69, 9.17) is 5.84 Å². The number of nitrogens with two attached hydrogens (primary N) is 1. The number of hydrazine groups is 1. The van der Waals surface area contributed by atoms with Crippen molar-refractivity contribution in [3.8, 4) is 0 Å². The summed E-state index contributed by atoms with van der Waals surface area (Å²) < 4.78 is 0. The molecule has 0 aliphatic heterocycles. The molecule has 2 aliphatic rings. The summed E-state index contributed by atoms with van der Waals surface area (Å²) >= 11 is 0. The largest absolute Gasteiger partial charge is 0.271 e. The van der Waals surface area contributed by atoms with Crippen LogP contribution >= 0.6 is 0 Å². The molecule has 0 aromatic carbocycles. The van der Waals surface area contributed by atoms with E-state index >= 15 is 0 Å². The predicted molar refractivity (Wildman–Crippen MR) is 77.2 cm³/mol. The van der Waals surface area contributed by atoms with E-state index in [9.17, 15) is 0 Å².